The molecule has 2 unspecified atom stereocenters. The number of fused-ring (bicyclic) bond motifs is 8. The third-order valence-electron chi connectivity index (χ3n) is 8.59. The zero-order valence-corrected chi connectivity index (χ0v) is 22.5. The van der Waals surface area contributed by atoms with Gasteiger partial charge in [0, 0.05) is 16.3 Å². The Kier molecular flexibility index (Phi) is 5.49. The fourth-order valence-corrected chi connectivity index (χ4v) is 6.79. The zero-order chi connectivity index (χ0) is 26.7. The normalized spacial score (nSPS) is 16.6. The van der Waals surface area contributed by atoms with Crippen molar-refractivity contribution < 1.29 is 0 Å². The molecule has 0 spiro atoms. The lowest BCUT2D eigenvalue weighted by molar-refractivity contribution is 0.662. The first-order chi connectivity index (χ1) is 19.0. The van der Waals surface area contributed by atoms with E-state index >= 15 is 0 Å². The van der Waals surface area contributed by atoms with Crippen LogP contribution < -0.4 is 0 Å². The molecule has 5 aromatic carbocycles. The summed E-state index contributed by atoms with van der Waals surface area (Å²) in [6, 6.07) is 35.1. The minimum atomic E-state index is 0.443. The highest BCUT2D eigenvalue weighted by Crippen LogP contribution is 2.51. The van der Waals surface area contributed by atoms with Gasteiger partial charge >= 0.3 is 0 Å². The maximum Gasteiger partial charge on any atom is 0.0797 e. The van der Waals surface area contributed by atoms with Gasteiger partial charge in [-0.2, -0.15) is 0 Å². The second kappa shape index (κ2) is 9.06. The summed E-state index contributed by atoms with van der Waals surface area (Å²) in [4.78, 5) is 5.53. The second-order valence-corrected chi connectivity index (χ2v) is 11.0. The number of rotatable bonds is 4. The van der Waals surface area contributed by atoms with Gasteiger partial charge in [0.25, 0.3) is 0 Å². The van der Waals surface area contributed by atoms with E-state index in [1.807, 2.05) is 6.08 Å². The van der Waals surface area contributed by atoms with E-state index in [4.69, 9.17) is 4.98 Å². The Bertz CT molecular complexity index is 1940. The first-order valence-electron chi connectivity index (χ1n) is 13.8. The molecule has 6 aromatic rings. The fraction of sp³-hybridized carbons (Fsp3) is 0.132. The van der Waals surface area contributed by atoms with Gasteiger partial charge in [0.1, 0.15) is 0 Å². The van der Waals surface area contributed by atoms with E-state index in [0.29, 0.717) is 11.8 Å². The summed E-state index contributed by atoms with van der Waals surface area (Å²) in [7, 11) is 0. The Morgan fingerprint density at radius 3 is 2.21 bits per heavy atom. The zero-order valence-electron chi connectivity index (χ0n) is 22.5. The summed E-state index contributed by atoms with van der Waals surface area (Å²) >= 11 is 0. The fourth-order valence-electron chi connectivity index (χ4n) is 6.79. The molecular formula is C38H31N. The standard InChI is InChI=1S/C38H31N/c1-5-23(2)27-14-11-15-29(21-27)37-35-25(4)20-24(3)34(35)36-31-19-18-28(26-12-7-6-8-13-26)22-33(31)30-16-9-10-17-32(30)38(36)39-37/h5-19,21-22,24-25H,1-2,20H2,3-4H3. The number of allylic oxidation sites excluding steroid dienone is 2. The van der Waals surface area contributed by atoms with Gasteiger partial charge < -0.3 is 0 Å². The first-order valence-corrected chi connectivity index (χ1v) is 13.8. The highest BCUT2D eigenvalue weighted by atomic mass is 14.7. The van der Waals surface area contributed by atoms with Gasteiger partial charge in [-0.1, -0.05) is 118 Å². The summed E-state index contributed by atoms with van der Waals surface area (Å²) in [6.07, 6.45) is 2.96. The number of nitrogens with zero attached hydrogens (tertiary/aromatic N) is 1. The molecule has 0 saturated carbocycles. The van der Waals surface area contributed by atoms with Crippen molar-refractivity contribution in [1.29, 1.82) is 0 Å². The van der Waals surface area contributed by atoms with E-state index in [-0.39, 0.29) is 0 Å². The van der Waals surface area contributed by atoms with Crippen LogP contribution in [0.1, 0.15) is 48.8 Å². The summed E-state index contributed by atoms with van der Waals surface area (Å²) in [5.41, 5.74) is 10.7. The highest BCUT2D eigenvalue weighted by molar-refractivity contribution is 6.26. The van der Waals surface area contributed by atoms with E-state index in [1.165, 1.54) is 49.2 Å². The van der Waals surface area contributed by atoms with Gasteiger partial charge in [0.05, 0.1) is 11.2 Å². The largest absolute Gasteiger partial charge is 0.247 e. The third-order valence-corrected chi connectivity index (χ3v) is 8.59. The van der Waals surface area contributed by atoms with Crippen molar-refractivity contribution >= 4 is 38.0 Å². The van der Waals surface area contributed by atoms with Crippen LogP contribution in [0.2, 0.25) is 0 Å². The minimum absolute atomic E-state index is 0.443. The summed E-state index contributed by atoms with van der Waals surface area (Å²) < 4.78 is 0. The Labute approximate surface area is 230 Å². The van der Waals surface area contributed by atoms with Crippen LogP contribution in [-0.2, 0) is 0 Å². The molecule has 39 heavy (non-hydrogen) atoms. The maximum absolute atomic E-state index is 5.53. The lowest BCUT2D eigenvalue weighted by atomic mass is 9.87. The van der Waals surface area contributed by atoms with Crippen molar-refractivity contribution in [1.82, 2.24) is 4.98 Å². The minimum Gasteiger partial charge on any atom is -0.247 e. The van der Waals surface area contributed by atoms with Crippen molar-refractivity contribution in [2.75, 3.05) is 0 Å². The van der Waals surface area contributed by atoms with Crippen LogP contribution in [0.5, 0.6) is 0 Å². The topological polar surface area (TPSA) is 12.9 Å². The van der Waals surface area contributed by atoms with Gasteiger partial charge in [-0.15, -0.1) is 0 Å². The maximum atomic E-state index is 5.53. The predicted octanol–water partition coefficient (Wildman–Crippen LogP) is 10.7. The number of hydrogen-bond donors (Lipinski definition) is 0. The van der Waals surface area contributed by atoms with Gasteiger partial charge in [-0.3, -0.25) is 0 Å². The van der Waals surface area contributed by atoms with Gasteiger partial charge in [-0.05, 0) is 79.9 Å². The Balaban J connectivity index is 1.62. The van der Waals surface area contributed by atoms with Crippen LogP contribution in [0.15, 0.2) is 116 Å². The lowest BCUT2D eigenvalue weighted by Crippen LogP contribution is -2.00. The average molecular weight is 502 g/mol. The molecule has 7 rings (SSSR count). The molecule has 0 N–H and O–H groups in total. The SMILES string of the molecule is C=CC(=C)c1cccc(-c2nc3c4ccccc4c4cc(-c5ccccc5)ccc4c3c3c2C(C)CC3C)c1. The molecule has 1 aliphatic rings. The van der Waals surface area contributed by atoms with Crippen LogP contribution in [-0.4, -0.2) is 4.98 Å². The molecule has 1 aliphatic carbocycles. The molecular weight excluding hydrogens is 470 g/mol. The molecule has 1 nitrogen and oxygen atoms in total. The van der Waals surface area contributed by atoms with E-state index in [9.17, 15) is 0 Å². The van der Waals surface area contributed by atoms with E-state index < -0.39 is 0 Å². The Hall–Kier alpha value is -4.49. The van der Waals surface area contributed by atoms with Crippen molar-refractivity contribution in [3.63, 3.8) is 0 Å². The monoisotopic (exact) mass is 501 g/mol. The van der Waals surface area contributed by atoms with Crippen LogP contribution >= 0.6 is 0 Å². The van der Waals surface area contributed by atoms with Gasteiger partial charge in [-0.25, -0.2) is 4.98 Å². The molecule has 0 amide bonds. The number of hydrogen-bond acceptors (Lipinski definition) is 1. The second-order valence-electron chi connectivity index (χ2n) is 11.0. The molecule has 0 radical (unpaired) electrons. The Morgan fingerprint density at radius 2 is 1.41 bits per heavy atom. The Morgan fingerprint density at radius 1 is 0.692 bits per heavy atom. The smallest absolute Gasteiger partial charge is 0.0797 e. The number of benzene rings is 5. The van der Waals surface area contributed by atoms with Gasteiger partial charge in [0.2, 0.25) is 0 Å². The van der Waals surface area contributed by atoms with Crippen LogP contribution in [0.25, 0.3) is 60.4 Å². The number of aromatic nitrogens is 1. The molecule has 188 valence electrons. The average Bonchev–Trinajstić information content (AvgIpc) is 3.30. The van der Waals surface area contributed by atoms with Crippen molar-refractivity contribution in [2.24, 2.45) is 0 Å². The van der Waals surface area contributed by atoms with Crippen molar-refractivity contribution in [3.05, 3.63) is 133 Å². The number of pyridine rings is 1. The van der Waals surface area contributed by atoms with E-state index in [2.05, 4.69) is 124 Å². The summed E-state index contributed by atoms with van der Waals surface area (Å²) in [5.74, 6) is 0.905. The predicted molar refractivity (Wildman–Crippen MR) is 168 cm³/mol. The molecule has 0 fully saturated rings. The molecule has 1 heteroatoms. The quantitative estimate of drug-likeness (QED) is 0.173. The van der Waals surface area contributed by atoms with Gasteiger partial charge in [0.15, 0.2) is 0 Å². The summed E-state index contributed by atoms with van der Waals surface area (Å²) in [6.45, 7) is 12.9. The van der Waals surface area contributed by atoms with Crippen LogP contribution in [0.3, 0.4) is 0 Å². The molecule has 0 bridgehead atoms. The highest BCUT2D eigenvalue weighted by Gasteiger charge is 2.32. The van der Waals surface area contributed by atoms with E-state index in [1.54, 1.807) is 0 Å². The first kappa shape index (κ1) is 23.6. The molecule has 0 aliphatic heterocycles. The molecule has 0 saturated heterocycles. The molecule has 1 heterocycles. The van der Waals surface area contributed by atoms with Crippen LogP contribution in [0, 0.1) is 0 Å². The van der Waals surface area contributed by atoms with Crippen molar-refractivity contribution in [2.45, 2.75) is 32.1 Å². The molecule has 1 aromatic heterocycles. The van der Waals surface area contributed by atoms with Crippen molar-refractivity contribution in [3.8, 4) is 22.4 Å². The summed E-state index contributed by atoms with van der Waals surface area (Å²) in [5, 5.41) is 6.39. The molecule has 2 atom stereocenters. The van der Waals surface area contributed by atoms with Crippen LogP contribution in [0.4, 0.5) is 0 Å². The van der Waals surface area contributed by atoms with E-state index in [0.717, 1.165) is 34.3 Å². The third kappa shape index (κ3) is 3.65. The lowest BCUT2D eigenvalue weighted by Gasteiger charge is -2.20.